The molecule has 45 heavy (non-hydrogen) atoms. The number of nitrogens with zero attached hydrogens (tertiary/aromatic N) is 1. The molecular formula is C35H41F2N3O5. The summed E-state index contributed by atoms with van der Waals surface area (Å²) in [7, 11) is 0. The first-order valence-corrected chi connectivity index (χ1v) is 15.4. The first-order valence-electron chi connectivity index (χ1n) is 15.4. The van der Waals surface area contributed by atoms with Gasteiger partial charge in [0.25, 0.3) is 0 Å². The molecule has 0 bridgehead atoms. The lowest BCUT2D eigenvalue weighted by molar-refractivity contribution is -0.151. The van der Waals surface area contributed by atoms with Crippen LogP contribution in [-0.2, 0) is 21.4 Å². The summed E-state index contributed by atoms with van der Waals surface area (Å²) in [6.45, 7) is 10.7. The number of rotatable bonds is 12. The summed E-state index contributed by atoms with van der Waals surface area (Å²) in [5.74, 6) is -0.0492. The van der Waals surface area contributed by atoms with Crippen LogP contribution in [0.1, 0.15) is 38.8 Å². The molecule has 0 radical (unpaired) electrons. The summed E-state index contributed by atoms with van der Waals surface area (Å²) < 4.78 is 45.0. The van der Waals surface area contributed by atoms with Crippen LogP contribution in [0.3, 0.4) is 0 Å². The van der Waals surface area contributed by atoms with E-state index in [-0.39, 0.29) is 18.1 Å². The standard InChI is InChI=1S/C35H41F2N3O5/c1-5-43-33(41)30(45-25-15-11-23(12-16-25)35(2,3)4)19-22-9-13-24(14-10-22)44-18-17-38-31-26-20-40(21-27(26)31)34(42)39-32-28(36)7-6-8-29(32)37/h6-16,26-27,30-31,38H,5,17-21H2,1-4H3,(H,39,42)/t26-,27?,30+,31?/m1/s1. The van der Waals surface area contributed by atoms with E-state index in [9.17, 15) is 18.4 Å². The molecule has 10 heteroatoms. The van der Waals surface area contributed by atoms with E-state index in [1.165, 1.54) is 11.6 Å². The minimum absolute atomic E-state index is 0.0213. The Morgan fingerprint density at radius 3 is 2.16 bits per heavy atom. The number of halogens is 2. The molecule has 1 aliphatic heterocycles. The van der Waals surface area contributed by atoms with E-state index in [2.05, 4.69) is 31.4 Å². The Balaban J connectivity index is 1.04. The minimum Gasteiger partial charge on any atom is -0.492 e. The van der Waals surface area contributed by atoms with Crippen molar-refractivity contribution in [2.45, 2.75) is 51.7 Å². The lowest BCUT2D eigenvalue weighted by Crippen LogP contribution is -2.39. The Hall–Kier alpha value is -4.18. The van der Waals surface area contributed by atoms with E-state index in [4.69, 9.17) is 14.2 Å². The number of piperidine rings is 1. The average molecular weight is 622 g/mol. The maximum absolute atomic E-state index is 13.9. The first kappa shape index (κ1) is 32.2. The largest absolute Gasteiger partial charge is 0.492 e. The zero-order valence-electron chi connectivity index (χ0n) is 26.1. The Labute approximate surface area is 263 Å². The fourth-order valence-electron chi connectivity index (χ4n) is 5.73. The van der Waals surface area contributed by atoms with Crippen LogP contribution >= 0.6 is 0 Å². The zero-order chi connectivity index (χ0) is 32.1. The molecule has 1 saturated heterocycles. The third-order valence-electron chi connectivity index (χ3n) is 8.32. The highest BCUT2D eigenvalue weighted by Crippen LogP contribution is 2.45. The molecule has 1 saturated carbocycles. The fraction of sp³-hybridized carbons (Fsp3) is 0.429. The van der Waals surface area contributed by atoms with Crippen LogP contribution in [0.2, 0.25) is 0 Å². The van der Waals surface area contributed by atoms with Crippen molar-refractivity contribution in [1.29, 1.82) is 0 Å². The molecule has 1 heterocycles. The smallest absolute Gasteiger partial charge is 0.347 e. The number of amides is 2. The van der Waals surface area contributed by atoms with Gasteiger partial charge in [-0.1, -0.05) is 51.1 Å². The van der Waals surface area contributed by atoms with Gasteiger partial charge in [0.15, 0.2) is 6.10 Å². The van der Waals surface area contributed by atoms with Crippen molar-refractivity contribution in [3.8, 4) is 11.5 Å². The Morgan fingerprint density at radius 1 is 0.933 bits per heavy atom. The van der Waals surface area contributed by atoms with Crippen molar-refractivity contribution in [2.75, 3.05) is 38.2 Å². The van der Waals surface area contributed by atoms with Crippen LogP contribution in [0.5, 0.6) is 11.5 Å². The maximum Gasteiger partial charge on any atom is 0.347 e. The highest BCUT2D eigenvalue weighted by molar-refractivity contribution is 5.90. The maximum atomic E-state index is 13.9. The number of ether oxygens (including phenoxy) is 3. The molecule has 3 aromatic carbocycles. The number of benzene rings is 3. The molecule has 2 aliphatic rings. The third kappa shape index (κ3) is 8.11. The minimum atomic E-state index is -0.797. The van der Waals surface area contributed by atoms with Crippen LogP contribution in [0, 0.1) is 23.5 Å². The molecule has 2 unspecified atom stereocenters. The van der Waals surface area contributed by atoms with Crippen LogP contribution in [0.4, 0.5) is 19.3 Å². The topological polar surface area (TPSA) is 89.1 Å². The molecule has 5 rings (SSSR count). The molecule has 2 amide bonds. The van der Waals surface area contributed by atoms with Crippen molar-refractivity contribution in [1.82, 2.24) is 10.2 Å². The number of anilines is 1. The number of carbonyl (C=O) groups is 2. The molecule has 0 spiro atoms. The number of carbonyl (C=O) groups excluding carboxylic acids is 2. The highest BCUT2D eigenvalue weighted by Gasteiger charge is 2.56. The lowest BCUT2D eigenvalue weighted by atomic mass is 9.87. The molecule has 4 atom stereocenters. The second-order valence-electron chi connectivity index (χ2n) is 12.6. The van der Waals surface area contributed by atoms with E-state index < -0.39 is 35.4 Å². The fourth-order valence-corrected chi connectivity index (χ4v) is 5.73. The van der Waals surface area contributed by atoms with E-state index in [0.717, 1.165) is 17.7 Å². The normalized spacial score (nSPS) is 19.4. The monoisotopic (exact) mass is 621 g/mol. The van der Waals surface area contributed by atoms with Gasteiger partial charge in [0, 0.05) is 32.1 Å². The number of urea groups is 1. The molecular weight excluding hydrogens is 580 g/mol. The van der Waals surface area contributed by atoms with Gasteiger partial charge in [-0.25, -0.2) is 18.4 Å². The third-order valence-corrected chi connectivity index (χ3v) is 8.32. The molecule has 240 valence electrons. The average Bonchev–Trinajstić information content (AvgIpc) is 3.44. The van der Waals surface area contributed by atoms with Gasteiger partial charge in [0.2, 0.25) is 0 Å². The summed E-state index contributed by atoms with van der Waals surface area (Å²) in [5.41, 5.74) is 1.70. The van der Waals surface area contributed by atoms with Crippen LogP contribution in [-0.4, -0.2) is 61.9 Å². The second kappa shape index (κ2) is 13.9. The molecule has 3 aromatic rings. The predicted octanol–water partition coefficient (Wildman–Crippen LogP) is 5.95. The van der Waals surface area contributed by atoms with Gasteiger partial charge in [0.05, 0.1) is 6.61 Å². The number of hydrogen-bond acceptors (Lipinski definition) is 6. The number of fused-ring (bicyclic) bond motifs is 1. The predicted molar refractivity (Wildman–Crippen MR) is 168 cm³/mol. The summed E-state index contributed by atoms with van der Waals surface area (Å²) in [6, 6.07) is 18.7. The molecule has 8 nitrogen and oxygen atoms in total. The van der Waals surface area contributed by atoms with Crippen molar-refractivity contribution < 1.29 is 32.6 Å². The molecule has 0 aromatic heterocycles. The molecule has 1 aliphatic carbocycles. The van der Waals surface area contributed by atoms with Crippen molar-refractivity contribution >= 4 is 17.7 Å². The van der Waals surface area contributed by atoms with Gasteiger partial charge >= 0.3 is 12.0 Å². The van der Waals surface area contributed by atoms with E-state index >= 15 is 0 Å². The Kier molecular flexibility index (Phi) is 9.92. The quantitative estimate of drug-likeness (QED) is 0.192. The van der Waals surface area contributed by atoms with Gasteiger partial charge in [-0.2, -0.15) is 0 Å². The SMILES string of the molecule is CCOC(=O)[C@H](Cc1ccc(OCCNC2C3CN(C(=O)Nc4c(F)cccc4F)C[C@H]32)cc1)Oc1ccc(C(C)(C)C)cc1. The lowest BCUT2D eigenvalue weighted by Gasteiger charge is -2.21. The number of nitrogens with one attached hydrogen (secondary N) is 2. The van der Waals surface area contributed by atoms with Crippen molar-refractivity contribution in [3.63, 3.8) is 0 Å². The summed E-state index contributed by atoms with van der Waals surface area (Å²) in [4.78, 5) is 26.8. The van der Waals surface area contributed by atoms with Crippen LogP contribution < -0.4 is 20.1 Å². The summed E-state index contributed by atoms with van der Waals surface area (Å²) >= 11 is 0. The van der Waals surface area contributed by atoms with Gasteiger partial charge in [-0.05, 0) is 71.7 Å². The number of para-hydroxylation sites is 1. The summed E-state index contributed by atoms with van der Waals surface area (Å²) in [5, 5.41) is 5.84. The Bertz CT molecular complexity index is 1440. The summed E-state index contributed by atoms with van der Waals surface area (Å²) in [6.07, 6.45) is -0.418. The van der Waals surface area contributed by atoms with Gasteiger partial charge in [-0.3, -0.25) is 0 Å². The van der Waals surface area contributed by atoms with Gasteiger partial charge in [0.1, 0.15) is 35.4 Å². The second-order valence-corrected chi connectivity index (χ2v) is 12.6. The number of esters is 1. The Morgan fingerprint density at radius 2 is 1.56 bits per heavy atom. The highest BCUT2D eigenvalue weighted by atomic mass is 19.1. The van der Waals surface area contributed by atoms with Gasteiger partial charge in [-0.15, -0.1) is 0 Å². The van der Waals surface area contributed by atoms with E-state index in [1.54, 1.807) is 11.8 Å². The van der Waals surface area contributed by atoms with Crippen LogP contribution in [0.25, 0.3) is 0 Å². The number of likely N-dealkylation sites (tertiary alicyclic amines) is 1. The molecule has 2 N–H and O–H groups in total. The van der Waals surface area contributed by atoms with E-state index in [0.29, 0.717) is 56.0 Å². The van der Waals surface area contributed by atoms with E-state index in [1.807, 2.05) is 48.5 Å². The van der Waals surface area contributed by atoms with Crippen molar-refractivity contribution in [3.05, 3.63) is 89.5 Å². The molecule has 2 fully saturated rings. The zero-order valence-corrected chi connectivity index (χ0v) is 26.1. The van der Waals surface area contributed by atoms with Crippen LogP contribution in [0.15, 0.2) is 66.7 Å². The number of hydrogen-bond donors (Lipinski definition) is 2. The first-order chi connectivity index (χ1) is 21.5. The van der Waals surface area contributed by atoms with Gasteiger partial charge < -0.3 is 29.7 Å². The van der Waals surface area contributed by atoms with Crippen molar-refractivity contribution in [2.24, 2.45) is 11.8 Å².